The molecule has 0 saturated carbocycles. The second-order valence-corrected chi connectivity index (χ2v) is 16.7. The number of esters is 2. The van der Waals surface area contributed by atoms with Gasteiger partial charge in [0.25, 0.3) is 7.82 Å². The van der Waals surface area contributed by atoms with Crippen molar-refractivity contribution in [1.29, 1.82) is 0 Å². The van der Waals surface area contributed by atoms with Gasteiger partial charge in [-0.25, -0.2) is 0 Å². The number of allylic oxidation sites excluding steroid dienone is 13. The maximum atomic E-state index is 12.7. The predicted molar refractivity (Wildman–Crippen MR) is 234 cm³/mol. The third kappa shape index (κ3) is 38.6. The standard InChI is InChI=1S/C46H78NO10P/c1-6-8-10-12-14-16-18-20-21-22-24-26-28-30-32-36-46(51)57-42(41-56-58(52,53)55-39-38-47(3,4)5)40-54-45(50)37-33-35-44(49)43(48)34-31-29-27-25-23-19-17-15-13-11-9-7-2/h9,11,14-17,20-21,23-26,29,31,42-44,48-49H,6-8,10,12-13,18-19,22,27-28,30,32-41H2,1-5H3/b11-9-,16-14-,17-15-,21-20-,25-23-,26-24-,31-29-/t42-,43+,44+/m1/s1. The molecule has 0 aromatic rings. The van der Waals surface area contributed by atoms with Gasteiger partial charge < -0.3 is 38.1 Å². The molecule has 0 aliphatic heterocycles. The highest BCUT2D eigenvalue weighted by Gasteiger charge is 2.22. The average Bonchev–Trinajstić information content (AvgIpc) is 3.17. The van der Waals surface area contributed by atoms with E-state index in [-0.39, 0.29) is 38.7 Å². The van der Waals surface area contributed by atoms with Crippen molar-refractivity contribution in [3.05, 3.63) is 85.1 Å². The molecule has 1 unspecified atom stereocenters. The van der Waals surface area contributed by atoms with Crippen molar-refractivity contribution in [2.45, 2.75) is 148 Å². The molecule has 0 saturated heterocycles. The van der Waals surface area contributed by atoms with Gasteiger partial charge in [-0.3, -0.25) is 14.2 Å². The second kappa shape index (κ2) is 37.1. The molecule has 332 valence electrons. The number of aliphatic hydroxyl groups is 2. The number of carbonyl (C=O) groups is 2. The molecule has 0 radical (unpaired) electrons. The Balaban J connectivity index is 4.70. The van der Waals surface area contributed by atoms with Crippen LogP contribution in [-0.2, 0) is 32.7 Å². The monoisotopic (exact) mass is 836 g/mol. The van der Waals surface area contributed by atoms with Crippen LogP contribution in [0.2, 0.25) is 0 Å². The van der Waals surface area contributed by atoms with Gasteiger partial charge in [-0.1, -0.05) is 112 Å². The zero-order valence-corrected chi connectivity index (χ0v) is 37.3. The largest absolute Gasteiger partial charge is 0.756 e. The summed E-state index contributed by atoms with van der Waals surface area (Å²) in [4.78, 5) is 37.5. The van der Waals surface area contributed by atoms with Crippen molar-refractivity contribution in [1.82, 2.24) is 0 Å². The molecule has 0 rings (SSSR count). The first-order valence-corrected chi connectivity index (χ1v) is 22.9. The number of aliphatic hydroxyl groups excluding tert-OH is 2. The molecule has 0 spiro atoms. The van der Waals surface area contributed by atoms with E-state index >= 15 is 0 Å². The third-order valence-corrected chi connectivity index (χ3v) is 9.56. The molecule has 0 fully saturated rings. The Morgan fingerprint density at radius 3 is 1.71 bits per heavy atom. The van der Waals surface area contributed by atoms with Crippen LogP contribution in [-0.4, -0.2) is 92.5 Å². The number of nitrogens with zero attached hydrogens (tertiary/aromatic N) is 1. The van der Waals surface area contributed by atoms with Crippen molar-refractivity contribution in [3.63, 3.8) is 0 Å². The van der Waals surface area contributed by atoms with E-state index in [0.717, 1.165) is 57.8 Å². The van der Waals surface area contributed by atoms with Crippen molar-refractivity contribution < 1.29 is 52.3 Å². The van der Waals surface area contributed by atoms with Gasteiger partial charge in [0.05, 0.1) is 40.0 Å². The van der Waals surface area contributed by atoms with Crippen molar-refractivity contribution in [2.24, 2.45) is 0 Å². The minimum absolute atomic E-state index is 0.0526. The van der Waals surface area contributed by atoms with E-state index in [2.05, 4.69) is 80.7 Å². The second-order valence-electron chi connectivity index (χ2n) is 15.3. The molecule has 0 aliphatic carbocycles. The molecule has 0 amide bonds. The van der Waals surface area contributed by atoms with Crippen LogP contribution in [0.3, 0.4) is 0 Å². The van der Waals surface area contributed by atoms with Gasteiger partial charge in [-0.15, -0.1) is 0 Å². The topological polar surface area (TPSA) is 152 Å². The molecule has 0 aromatic heterocycles. The number of quaternary nitrogens is 1. The smallest absolute Gasteiger partial charge is 0.306 e. The maximum absolute atomic E-state index is 12.7. The molecule has 0 aromatic carbocycles. The van der Waals surface area contributed by atoms with Crippen LogP contribution >= 0.6 is 7.82 Å². The van der Waals surface area contributed by atoms with Crippen molar-refractivity contribution in [2.75, 3.05) is 47.5 Å². The van der Waals surface area contributed by atoms with Crippen LogP contribution < -0.4 is 4.89 Å². The van der Waals surface area contributed by atoms with Gasteiger partial charge >= 0.3 is 11.9 Å². The van der Waals surface area contributed by atoms with Crippen LogP contribution in [0.15, 0.2) is 85.1 Å². The van der Waals surface area contributed by atoms with Gasteiger partial charge in [0.15, 0.2) is 6.10 Å². The number of hydrogen-bond donors (Lipinski definition) is 2. The number of carbonyl (C=O) groups excluding carboxylic acids is 2. The Hall–Kier alpha value is -2.89. The number of unbranched alkanes of at least 4 members (excludes halogenated alkanes) is 5. The molecule has 0 bridgehead atoms. The molecule has 2 N–H and O–H groups in total. The van der Waals surface area contributed by atoms with Crippen LogP contribution in [0.4, 0.5) is 0 Å². The van der Waals surface area contributed by atoms with E-state index in [1.54, 1.807) is 0 Å². The zero-order valence-electron chi connectivity index (χ0n) is 36.4. The number of phosphoric ester groups is 1. The highest BCUT2D eigenvalue weighted by atomic mass is 31.2. The fourth-order valence-electron chi connectivity index (χ4n) is 5.10. The molecule has 0 aliphatic rings. The number of phosphoric acid groups is 1. The minimum atomic E-state index is -4.71. The molecular weight excluding hydrogens is 757 g/mol. The van der Waals surface area contributed by atoms with Gasteiger partial charge in [-0.05, 0) is 89.9 Å². The van der Waals surface area contributed by atoms with E-state index < -0.39 is 51.3 Å². The lowest BCUT2D eigenvalue weighted by molar-refractivity contribution is -0.870. The lowest BCUT2D eigenvalue weighted by atomic mass is 10.0. The molecular formula is C46H78NO10P. The van der Waals surface area contributed by atoms with Crippen LogP contribution in [0, 0.1) is 0 Å². The summed E-state index contributed by atoms with van der Waals surface area (Å²) in [5.74, 6) is -1.18. The van der Waals surface area contributed by atoms with Gasteiger partial charge in [-0.2, -0.15) is 0 Å². The van der Waals surface area contributed by atoms with E-state index in [9.17, 15) is 29.3 Å². The van der Waals surface area contributed by atoms with E-state index in [1.807, 2.05) is 39.4 Å². The Labute approximate surface area is 351 Å². The van der Waals surface area contributed by atoms with Crippen LogP contribution in [0.1, 0.15) is 129 Å². The van der Waals surface area contributed by atoms with Gasteiger partial charge in [0.2, 0.25) is 0 Å². The summed E-state index contributed by atoms with van der Waals surface area (Å²) in [6.45, 7) is 3.67. The first-order chi connectivity index (χ1) is 27.8. The third-order valence-electron chi connectivity index (χ3n) is 8.60. The van der Waals surface area contributed by atoms with E-state index in [1.165, 1.54) is 19.3 Å². The fraction of sp³-hybridized carbons (Fsp3) is 0.652. The fourth-order valence-corrected chi connectivity index (χ4v) is 5.83. The molecule has 12 heteroatoms. The summed E-state index contributed by atoms with van der Waals surface area (Å²) in [5.41, 5.74) is 0. The molecule has 58 heavy (non-hydrogen) atoms. The Bertz CT molecular complexity index is 1300. The predicted octanol–water partition coefficient (Wildman–Crippen LogP) is 9.33. The summed E-state index contributed by atoms with van der Waals surface area (Å²) in [7, 11) is 0.970. The number of likely N-dealkylation sites (N-methyl/N-ethyl adjacent to an activating group) is 1. The van der Waals surface area contributed by atoms with Crippen LogP contribution in [0.25, 0.3) is 0 Å². The Kier molecular flexibility index (Phi) is 35.3. The zero-order chi connectivity index (χ0) is 43.2. The van der Waals surface area contributed by atoms with Crippen molar-refractivity contribution in [3.8, 4) is 0 Å². The van der Waals surface area contributed by atoms with Gasteiger partial charge in [0, 0.05) is 12.8 Å². The number of ether oxygens (including phenoxy) is 2. The SMILES string of the molecule is CC/C=C\C/C=C\C/C=C\C/C=C\C[C@H](O)[C@@H](O)CCCC(=O)OC[C@H](COP(=O)([O-])OCC[N+](C)(C)C)OC(=O)CCCC/C=C\C/C=C\C/C=C\CCCCC. The quantitative estimate of drug-likeness (QED) is 0.0204. The highest BCUT2D eigenvalue weighted by Crippen LogP contribution is 2.38. The molecule has 0 heterocycles. The van der Waals surface area contributed by atoms with E-state index in [4.69, 9.17) is 18.5 Å². The minimum Gasteiger partial charge on any atom is -0.756 e. The molecule has 11 nitrogen and oxygen atoms in total. The van der Waals surface area contributed by atoms with E-state index in [0.29, 0.717) is 17.4 Å². The summed E-state index contributed by atoms with van der Waals surface area (Å²) in [6, 6.07) is 0. The summed E-state index contributed by atoms with van der Waals surface area (Å²) in [6.07, 6.45) is 39.4. The Morgan fingerprint density at radius 1 is 0.638 bits per heavy atom. The average molecular weight is 836 g/mol. The summed E-state index contributed by atoms with van der Waals surface area (Å²) < 4.78 is 33.6. The normalized spacial score (nSPS) is 15.5. The summed E-state index contributed by atoms with van der Waals surface area (Å²) in [5, 5.41) is 20.7. The number of hydrogen-bond acceptors (Lipinski definition) is 10. The summed E-state index contributed by atoms with van der Waals surface area (Å²) >= 11 is 0. The first kappa shape index (κ1) is 55.1. The lowest BCUT2D eigenvalue weighted by Gasteiger charge is -2.28. The maximum Gasteiger partial charge on any atom is 0.306 e. The van der Waals surface area contributed by atoms with Crippen LogP contribution in [0.5, 0.6) is 0 Å². The number of rotatable bonds is 37. The van der Waals surface area contributed by atoms with Crippen molar-refractivity contribution >= 4 is 19.8 Å². The Morgan fingerprint density at radius 2 is 1.16 bits per heavy atom. The molecule has 4 atom stereocenters. The lowest BCUT2D eigenvalue weighted by Crippen LogP contribution is -2.37. The van der Waals surface area contributed by atoms with Gasteiger partial charge in [0.1, 0.15) is 19.8 Å². The first-order valence-electron chi connectivity index (χ1n) is 21.5. The highest BCUT2D eigenvalue weighted by molar-refractivity contribution is 7.45.